The lowest BCUT2D eigenvalue weighted by molar-refractivity contribution is -0.131. The Morgan fingerprint density at radius 2 is 2.00 bits per heavy atom. The molecule has 0 saturated carbocycles. The van der Waals surface area contributed by atoms with E-state index in [1.54, 1.807) is 6.08 Å². The number of rotatable bonds is 7. The van der Waals surface area contributed by atoms with Crippen molar-refractivity contribution in [3.63, 3.8) is 0 Å². The predicted octanol–water partition coefficient (Wildman–Crippen LogP) is 5.35. The lowest BCUT2D eigenvalue weighted by Crippen LogP contribution is -1.98. The molecule has 2 aromatic carbocycles. The summed E-state index contributed by atoms with van der Waals surface area (Å²) in [5.41, 5.74) is 3.06. The molecule has 0 spiro atoms. The molecule has 4 aromatic rings. The van der Waals surface area contributed by atoms with Gasteiger partial charge in [-0.15, -0.1) is 5.10 Å². The monoisotopic (exact) mass is 482 g/mol. The van der Waals surface area contributed by atoms with Gasteiger partial charge < -0.3 is 9.67 Å². The zero-order valence-electron chi connectivity index (χ0n) is 16.2. The fourth-order valence-electron chi connectivity index (χ4n) is 3.16. The largest absolute Gasteiger partial charge is 0.477 e. The molecule has 0 aliphatic carbocycles. The Hall–Kier alpha value is -2.84. The van der Waals surface area contributed by atoms with Crippen molar-refractivity contribution < 1.29 is 9.90 Å². The van der Waals surface area contributed by atoms with E-state index in [0.29, 0.717) is 18.1 Å². The number of nitrogens with one attached hydrogen (secondary N) is 1. The van der Waals surface area contributed by atoms with Gasteiger partial charge in [-0.25, -0.2) is 9.78 Å². The topological polar surface area (TPSA) is 83.8 Å². The number of halogens is 1. The molecule has 0 amide bonds. The molecule has 0 fully saturated rings. The molecule has 4 rings (SSSR count). The van der Waals surface area contributed by atoms with Crippen molar-refractivity contribution in [3.05, 3.63) is 81.1 Å². The summed E-state index contributed by atoms with van der Waals surface area (Å²) in [4.78, 5) is 16.4. The number of fused-ring (bicyclic) bond motifs is 1. The van der Waals surface area contributed by atoms with Crippen molar-refractivity contribution >= 4 is 50.6 Å². The van der Waals surface area contributed by atoms with E-state index in [1.165, 1.54) is 0 Å². The van der Waals surface area contributed by atoms with Crippen LogP contribution in [0.3, 0.4) is 0 Å². The van der Waals surface area contributed by atoms with Crippen LogP contribution in [0.25, 0.3) is 17.0 Å². The average Bonchev–Trinajstić information content (AvgIpc) is 3.34. The number of carbonyl (C=O) groups is 1. The Morgan fingerprint density at radius 1 is 1.23 bits per heavy atom. The van der Waals surface area contributed by atoms with Crippen LogP contribution in [0, 0.1) is 0 Å². The van der Waals surface area contributed by atoms with Crippen molar-refractivity contribution in [2.75, 3.05) is 0 Å². The molecule has 2 N–H and O–H groups in total. The number of aromatic amines is 1. The van der Waals surface area contributed by atoms with E-state index >= 15 is 0 Å². The minimum Gasteiger partial charge on any atom is -0.477 e. The summed E-state index contributed by atoms with van der Waals surface area (Å²) in [6.45, 7) is 2.65. The number of aliphatic carboxylic acids is 1. The first-order chi connectivity index (χ1) is 14.5. The third-order valence-corrected chi connectivity index (χ3v) is 6.04. The molecule has 0 bridgehead atoms. The molecule has 0 radical (unpaired) electrons. The molecule has 0 aliphatic rings. The van der Waals surface area contributed by atoms with Crippen molar-refractivity contribution in [2.45, 2.75) is 25.0 Å². The fourth-order valence-corrected chi connectivity index (χ4v) is 4.14. The van der Waals surface area contributed by atoms with E-state index < -0.39 is 5.97 Å². The molecule has 0 atom stereocenters. The van der Waals surface area contributed by atoms with Gasteiger partial charge in [0.1, 0.15) is 10.7 Å². The van der Waals surface area contributed by atoms with Crippen LogP contribution in [0.15, 0.2) is 69.3 Å². The molecule has 8 heteroatoms. The molecule has 0 saturated heterocycles. The van der Waals surface area contributed by atoms with Crippen molar-refractivity contribution in [3.8, 4) is 0 Å². The van der Waals surface area contributed by atoms with Crippen molar-refractivity contribution in [1.82, 2.24) is 19.7 Å². The highest BCUT2D eigenvalue weighted by molar-refractivity contribution is 9.10. The maximum Gasteiger partial charge on any atom is 0.342 e. The third-order valence-electron chi connectivity index (χ3n) is 4.63. The third kappa shape index (κ3) is 4.49. The Bertz CT molecular complexity index is 1230. The van der Waals surface area contributed by atoms with E-state index in [9.17, 15) is 9.90 Å². The van der Waals surface area contributed by atoms with Gasteiger partial charge in [-0.05, 0) is 41.6 Å². The van der Waals surface area contributed by atoms with Gasteiger partial charge in [-0.2, -0.15) is 0 Å². The standard InChI is InChI=1S/C22H19BrN4O2S/c1-2-20-24-22(26-25-20)30-19(21(28)29)11-15-13-27(18-6-4-3-5-17(15)18)12-14-7-9-16(23)10-8-14/h3-11,13H,2,12H2,1H3,(H,28,29)(H,24,25,26)/b19-11-. The second-order valence-corrected chi connectivity index (χ2v) is 8.61. The quantitative estimate of drug-likeness (QED) is 0.274. The normalized spacial score (nSPS) is 11.9. The number of carboxylic acids is 1. The highest BCUT2D eigenvalue weighted by atomic mass is 79.9. The van der Waals surface area contributed by atoms with Gasteiger partial charge >= 0.3 is 5.97 Å². The van der Waals surface area contributed by atoms with Gasteiger partial charge in [0, 0.05) is 40.1 Å². The summed E-state index contributed by atoms with van der Waals surface area (Å²) in [6.07, 6.45) is 4.39. The number of H-pyrrole nitrogens is 1. The van der Waals surface area contributed by atoms with Gasteiger partial charge in [-0.1, -0.05) is 53.2 Å². The van der Waals surface area contributed by atoms with Crippen LogP contribution < -0.4 is 0 Å². The first-order valence-corrected chi connectivity index (χ1v) is 11.0. The van der Waals surface area contributed by atoms with Crippen LogP contribution in [0.2, 0.25) is 0 Å². The van der Waals surface area contributed by atoms with Gasteiger partial charge in [0.2, 0.25) is 5.16 Å². The first kappa shape index (κ1) is 20.4. The van der Waals surface area contributed by atoms with E-state index in [0.717, 1.165) is 44.1 Å². The Labute approximate surface area is 186 Å². The molecular formula is C22H19BrN4O2S. The van der Waals surface area contributed by atoms with E-state index in [2.05, 4.69) is 47.8 Å². The zero-order chi connectivity index (χ0) is 21.1. The summed E-state index contributed by atoms with van der Waals surface area (Å²) < 4.78 is 3.17. The maximum atomic E-state index is 11.9. The van der Waals surface area contributed by atoms with Crippen LogP contribution in [-0.4, -0.2) is 30.8 Å². The Morgan fingerprint density at radius 3 is 2.70 bits per heavy atom. The molecule has 152 valence electrons. The lowest BCUT2D eigenvalue weighted by atomic mass is 10.1. The van der Waals surface area contributed by atoms with Crippen molar-refractivity contribution in [2.24, 2.45) is 0 Å². The molecule has 2 aromatic heterocycles. The van der Waals surface area contributed by atoms with Gasteiger partial charge in [0.05, 0.1) is 0 Å². The van der Waals surface area contributed by atoms with E-state index in [4.69, 9.17) is 0 Å². The zero-order valence-corrected chi connectivity index (χ0v) is 18.6. The van der Waals surface area contributed by atoms with Crippen LogP contribution >= 0.6 is 27.7 Å². The lowest BCUT2D eigenvalue weighted by Gasteiger charge is -2.05. The number of para-hydroxylation sites is 1. The van der Waals surface area contributed by atoms with Crippen LogP contribution in [0.4, 0.5) is 0 Å². The van der Waals surface area contributed by atoms with Crippen LogP contribution in [0.1, 0.15) is 23.9 Å². The summed E-state index contributed by atoms with van der Waals surface area (Å²) >= 11 is 4.51. The molecule has 0 unspecified atom stereocenters. The van der Waals surface area contributed by atoms with Crippen molar-refractivity contribution in [1.29, 1.82) is 0 Å². The minimum absolute atomic E-state index is 0.170. The summed E-state index contributed by atoms with van der Waals surface area (Å²) in [6, 6.07) is 16.2. The number of benzene rings is 2. The van der Waals surface area contributed by atoms with Gasteiger partial charge in [0.15, 0.2) is 0 Å². The Balaban J connectivity index is 1.71. The highest BCUT2D eigenvalue weighted by Gasteiger charge is 2.15. The fraction of sp³-hybridized carbons (Fsp3) is 0.136. The number of aromatic nitrogens is 4. The van der Waals surface area contributed by atoms with E-state index in [1.807, 2.05) is 49.5 Å². The second kappa shape index (κ2) is 8.89. The predicted molar refractivity (Wildman–Crippen MR) is 122 cm³/mol. The Kier molecular flexibility index (Phi) is 6.06. The minimum atomic E-state index is -1.01. The van der Waals surface area contributed by atoms with Crippen LogP contribution in [0.5, 0.6) is 0 Å². The number of nitrogens with zero attached hydrogens (tertiary/aromatic N) is 3. The summed E-state index contributed by atoms with van der Waals surface area (Å²) in [5.74, 6) is -0.277. The van der Waals surface area contributed by atoms with Gasteiger partial charge in [-0.3, -0.25) is 5.10 Å². The molecule has 2 heterocycles. The van der Waals surface area contributed by atoms with E-state index in [-0.39, 0.29) is 4.91 Å². The number of aryl methyl sites for hydroxylation is 1. The summed E-state index contributed by atoms with van der Waals surface area (Å²) in [5, 5.41) is 18.0. The molecule has 30 heavy (non-hydrogen) atoms. The maximum absolute atomic E-state index is 11.9. The number of thioether (sulfide) groups is 1. The molecular weight excluding hydrogens is 464 g/mol. The molecule has 0 aliphatic heterocycles. The summed E-state index contributed by atoms with van der Waals surface area (Å²) in [7, 11) is 0. The smallest absolute Gasteiger partial charge is 0.342 e. The second-order valence-electron chi connectivity index (χ2n) is 6.69. The van der Waals surface area contributed by atoms with Gasteiger partial charge in [0.25, 0.3) is 0 Å². The highest BCUT2D eigenvalue weighted by Crippen LogP contribution is 2.30. The number of carboxylic acid groups (broad SMARTS) is 1. The number of hydrogen-bond acceptors (Lipinski definition) is 4. The number of hydrogen-bond donors (Lipinski definition) is 2. The first-order valence-electron chi connectivity index (χ1n) is 9.40. The SMILES string of the molecule is CCc1nc(S/C(=C\c2cn(Cc3ccc(Br)cc3)c3ccccc23)C(=O)O)n[nH]1. The average molecular weight is 483 g/mol. The molecule has 6 nitrogen and oxygen atoms in total. The van der Waals surface area contributed by atoms with Crippen LogP contribution in [-0.2, 0) is 17.8 Å².